The molecule has 0 aliphatic carbocycles. The third-order valence-electron chi connectivity index (χ3n) is 5.06. The van der Waals surface area contributed by atoms with Crippen molar-refractivity contribution in [3.8, 4) is 5.75 Å². The zero-order valence-electron chi connectivity index (χ0n) is 15.7. The van der Waals surface area contributed by atoms with Gasteiger partial charge in [-0.25, -0.2) is 0 Å². The molecule has 1 aromatic heterocycles. The van der Waals surface area contributed by atoms with Gasteiger partial charge in [0.1, 0.15) is 11.3 Å². The van der Waals surface area contributed by atoms with Crippen molar-refractivity contribution >= 4 is 23.0 Å². The molecule has 0 spiro atoms. The van der Waals surface area contributed by atoms with Gasteiger partial charge in [0.15, 0.2) is 5.58 Å². The Morgan fingerprint density at radius 3 is 2.66 bits per heavy atom. The normalized spacial score (nSPS) is 15.1. The Morgan fingerprint density at radius 2 is 1.90 bits per heavy atom. The summed E-state index contributed by atoms with van der Waals surface area (Å²) in [4.78, 5) is 19.1. The molecule has 8 heteroatoms. The maximum absolute atomic E-state index is 12.5. The Balaban J connectivity index is 1.31. The number of fused-ring (bicyclic) bond motifs is 1. The zero-order valence-corrected chi connectivity index (χ0v) is 15.7. The fourth-order valence-electron chi connectivity index (χ4n) is 3.52. The van der Waals surface area contributed by atoms with Crippen molar-refractivity contribution in [2.75, 3.05) is 18.0 Å². The SMILES string of the molecule is O=C(NCc1ccccc1OC(F)F)C1CCN(c2nc3ccccc3o2)CC1. The van der Waals surface area contributed by atoms with Crippen LogP contribution in [0.2, 0.25) is 0 Å². The van der Waals surface area contributed by atoms with Crippen LogP contribution in [0.4, 0.5) is 14.8 Å². The number of nitrogens with one attached hydrogen (secondary N) is 1. The van der Waals surface area contributed by atoms with Crippen molar-refractivity contribution in [1.82, 2.24) is 10.3 Å². The second-order valence-corrected chi connectivity index (χ2v) is 6.93. The van der Waals surface area contributed by atoms with Crippen molar-refractivity contribution in [1.29, 1.82) is 0 Å². The average molecular weight is 401 g/mol. The molecule has 0 bridgehead atoms. The summed E-state index contributed by atoms with van der Waals surface area (Å²) in [5.41, 5.74) is 2.07. The highest BCUT2D eigenvalue weighted by atomic mass is 19.3. The summed E-state index contributed by atoms with van der Waals surface area (Å²) in [5, 5.41) is 2.84. The summed E-state index contributed by atoms with van der Waals surface area (Å²) in [5.74, 6) is -0.151. The number of benzene rings is 2. The number of halogens is 2. The van der Waals surface area contributed by atoms with Crippen molar-refractivity contribution in [2.24, 2.45) is 5.92 Å². The first-order chi connectivity index (χ1) is 14.1. The summed E-state index contributed by atoms with van der Waals surface area (Å²) in [7, 11) is 0. The van der Waals surface area contributed by atoms with Crippen LogP contribution >= 0.6 is 0 Å². The fraction of sp³-hybridized carbons (Fsp3) is 0.333. The first-order valence-electron chi connectivity index (χ1n) is 9.51. The highest BCUT2D eigenvalue weighted by Gasteiger charge is 2.27. The number of hydrogen-bond acceptors (Lipinski definition) is 5. The van der Waals surface area contributed by atoms with E-state index in [0.717, 1.165) is 11.1 Å². The van der Waals surface area contributed by atoms with Crippen LogP contribution in [0, 0.1) is 5.92 Å². The van der Waals surface area contributed by atoms with E-state index in [1.54, 1.807) is 18.2 Å². The number of anilines is 1. The van der Waals surface area contributed by atoms with Gasteiger partial charge in [0.25, 0.3) is 6.01 Å². The fourth-order valence-corrected chi connectivity index (χ4v) is 3.52. The van der Waals surface area contributed by atoms with Gasteiger partial charge in [-0.2, -0.15) is 13.8 Å². The number of alkyl halides is 2. The van der Waals surface area contributed by atoms with Crippen molar-refractivity contribution < 1.29 is 22.7 Å². The monoisotopic (exact) mass is 401 g/mol. The van der Waals surface area contributed by atoms with Gasteiger partial charge >= 0.3 is 6.61 Å². The van der Waals surface area contributed by atoms with E-state index in [-0.39, 0.29) is 24.1 Å². The van der Waals surface area contributed by atoms with E-state index in [1.165, 1.54) is 6.07 Å². The maximum atomic E-state index is 12.5. The Morgan fingerprint density at radius 1 is 1.17 bits per heavy atom. The molecule has 0 saturated carbocycles. The van der Waals surface area contributed by atoms with E-state index in [1.807, 2.05) is 29.2 Å². The van der Waals surface area contributed by atoms with E-state index >= 15 is 0 Å². The lowest BCUT2D eigenvalue weighted by atomic mass is 9.96. The number of ether oxygens (including phenoxy) is 1. The van der Waals surface area contributed by atoms with Gasteiger partial charge in [0, 0.05) is 31.1 Å². The van der Waals surface area contributed by atoms with E-state index in [2.05, 4.69) is 15.0 Å². The smallest absolute Gasteiger partial charge is 0.387 e. The minimum atomic E-state index is -2.90. The van der Waals surface area contributed by atoms with Crippen molar-refractivity contribution in [3.05, 3.63) is 54.1 Å². The molecule has 1 amide bonds. The molecule has 29 heavy (non-hydrogen) atoms. The number of rotatable bonds is 6. The molecule has 1 N–H and O–H groups in total. The number of carbonyl (C=O) groups excluding carboxylic acids is 1. The number of aromatic nitrogens is 1. The van der Waals surface area contributed by atoms with Gasteiger partial charge in [0.05, 0.1) is 0 Å². The molecule has 152 valence electrons. The second-order valence-electron chi connectivity index (χ2n) is 6.93. The number of nitrogens with zero attached hydrogens (tertiary/aromatic N) is 2. The largest absolute Gasteiger partial charge is 0.434 e. The maximum Gasteiger partial charge on any atom is 0.387 e. The van der Waals surface area contributed by atoms with Crippen molar-refractivity contribution in [3.63, 3.8) is 0 Å². The summed E-state index contributed by atoms with van der Waals surface area (Å²) in [6, 6.07) is 14.6. The highest BCUT2D eigenvalue weighted by Crippen LogP contribution is 2.26. The predicted molar refractivity (Wildman–Crippen MR) is 104 cm³/mol. The number of oxazole rings is 1. The summed E-state index contributed by atoms with van der Waals surface area (Å²) < 4.78 is 35.3. The third-order valence-corrected chi connectivity index (χ3v) is 5.06. The van der Waals surface area contributed by atoms with Crippen LogP contribution in [0.3, 0.4) is 0 Å². The highest BCUT2D eigenvalue weighted by molar-refractivity contribution is 5.79. The Bertz CT molecular complexity index is 951. The molecule has 3 aromatic rings. The van der Waals surface area contributed by atoms with E-state index < -0.39 is 6.61 Å². The lowest BCUT2D eigenvalue weighted by molar-refractivity contribution is -0.125. The molecule has 1 aliphatic rings. The lowest BCUT2D eigenvalue weighted by Gasteiger charge is -2.30. The summed E-state index contributed by atoms with van der Waals surface area (Å²) >= 11 is 0. The van der Waals surface area contributed by atoms with Crippen LogP contribution < -0.4 is 15.0 Å². The number of para-hydroxylation sites is 3. The van der Waals surface area contributed by atoms with E-state index in [9.17, 15) is 13.6 Å². The second kappa shape index (κ2) is 8.46. The standard InChI is InChI=1S/C21H21F2N3O3/c22-20(23)28-17-7-3-1-5-15(17)13-24-19(27)14-9-11-26(12-10-14)21-25-16-6-2-4-8-18(16)29-21/h1-8,14,20H,9-13H2,(H,24,27). The summed E-state index contributed by atoms with van der Waals surface area (Å²) in [6.07, 6.45) is 1.33. The summed E-state index contributed by atoms with van der Waals surface area (Å²) in [6.45, 7) is -1.43. The van der Waals surface area contributed by atoms with Crippen LogP contribution in [-0.2, 0) is 11.3 Å². The van der Waals surface area contributed by atoms with Crippen LogP contribution in [-0.4, -0.2) is 30.6 Å². The third kappa shape index (κ3) is 4.47. The van der Waals surface area contributed by atoms with Crippen LogP contribution in [0.5, 0.6) is 5.75 Å². The molecule has 0 unspecified atom stereocenters. The average Bonchev–Trinajstić information content (AvgIpc) is 3.17. The molecule has 2 heterocycles. The van der Waals surface area contributed by atoms with E-state index in [0.29, 0.717) is 37.5 Å². The molecule has 0 atom stereocenters. The molecule has 1 fully saturated rings. The van der Waals surface area contributed by atoms with Gasteiger partial charge in [-0.3, -0.25) is 4.79 Å². The van der Waals surface area contributed by atoms with Gasteiger partial charge in [-0.1, -0.05) is 30.3 Å². The van der Waals surface area contributed by atoms with Gasteiger partial charge in [0.2, 0.25) is 5.91 Å². The molecule has 4 rings (SSSR count). The predicted octanol–water partition coefficient (Wildman–Crippen LogP) is 3.96. The first-order valence-corrected chi connectivity index (χ1v) is 9.51. The molecule has 0 radical (unpaired) electrons. The first kappa shape index (κ1) is 19.2. The quantitative estimate of drug-likeness (QED) is 0.677. The van der Waals surface area contributed by atoms with Crippen LogP contribution in [0.15, 0.2) is 52.9 Å². The Kier molecular flexibility index (Phi) is 5.59. The minimum Gasteiger partial charge on any atom is -0.434 e. The molecular weight excluding hydrogens is 380 g/mol. The molecular formula is C21H21F2N3O3. The minimum absolute atomic E-state index is 0.0774. The number of piperidine rings is 1. The van der Waals surface area contributed by atoms with Crippen LogP contribution in [0.25, 0.3) is 11.1 Å². The van der Waals surface area contributed by atoms with Crippen LogP contribution in [0.1, 0.15) is 18.4 Å². The van der Waals surface area contributed by atoms with Gasteiger partial charge in [-0.15, -0.1) is 0 Å². The van der Waals surface area contributed by atoms with Crippen molar-refractivity contribution in [2.45, 2.75) is 26.0 Å². The molecule has 1 aliphatic heterocycles. The zero-order chi connectivity index (χ0) is 20.2. The lowest BCUT2D eigenvalue weighted by Crippen LogP contribution is -2.40. The number of amides is 1. The molecule has 6 nitrogen and oxygen atoms in total. The number of hydrogen-bond donors (Lipinski definition) is 1. The number of carbonyl (C=O) groups is 1. The van der Waals surface area contributed by atoms with E-state index in [4.69, 9.17) is 4.42 Å². The van der Waals surface area contributed by atoms with Gasteiger partial charge in [-0.05, 0) is 31.0 Å². The Hall–Kier alpha value is -3.16. The van der Waals surface area contributed by atoms with Gasteiger partial charge < -0.3 is 19.4 Å². The Labute approximate surface area is 166 Å². The molecule has 1 saturated heterocycles. The molecule has 2 aromatic carbocycles. The topological polar surface area (TPSA) is 67.6 Å².